The summed E-state index contributed by atoms with van der Waals surface area (Å²) < 4.78 is 11.4. The third-order valence-corrected chi connectivity index (χ3v) is 4.12. The second-order valence-corrected chi connectivity index (χ2v) is 7.60. The maximum absolute atomic E-state index is 12.7. The Hall–Kier alpha value is -1.56. The molecule has 0 unspecified atom stereocenters. The van der Waals surface area contributed by atoms with E-state index in [0.29, 0.717) is 11.4 Å². The summed E-state index contributed by atoms with van der Waals surface area (Å²) in [5.74, 6) is 0.245. The molecule has 0 fully saturated rings. The number of carbonyl (C=O) groups is 2. The van der Waals surface area contributed by atoms with E-state index in [0.717, 1.165) is 14.9 Å². The fraction of sp³-hybridized carbons (Fsp3) is 0.500. The van der Waals surface area contributed by atoms with Crippen molar-refractivity contribution in [3.8, 4) is 5.75 Å². The van der Waals surface area contributed by atoms with Crippen molar-refractivity contribution in [3.05, 3.63) is 22.2 Å². The van der Waals surface area contributed by atoms with E-state index < -0.39 is 17.1 Å². The summed E-state index contributed by atoms with van der Waals surface area (Å²) >= 11 is 3.42. The second kappa shape index (κ2) is 5.26. The molecule has 1 aromatic rings. The lowest BCUT2D eigenvalue weighted by Crippen LogP contribution is -2.43. The molecule has 1 aliphatic heterocycles. The maximum atomic E-state index is 12.7. The van der Waals surface area contributed by atoms with Crippen LogP contribution in [0.25, 0.3) is 0 Å². The fourth-order valence-corrected chi connectivity index (χ4v) is 2.88. The highest BCUT2D eigenvalue weighted by molar-refractivity contribution is 9.10. The molecule has 0 aromatic heterocycles. The summed E-state index contributed by atoms with van der Waals surface area (Å²) in [7, 11) is 1.53. The molecule has 2 amide bonds. The standard InChI is InChI=1S/C16H20BrNO4/c1-15(2,3)22-14(20)18-11-8-12(21-6)10(17)7-9(11)16(4,5)13(18)19/h7-8H,1-6H3. The van der Waals surface area contributed by atoms with Gasteiger partial charge in [0.05, 0.1) is 22.7 Å². The van der Waals surface area contributed by atoms with Gasteiger partial charge in [-0.2, -0.15) is 0 Å². The van der Waals surface area contributed by atoms with E-state index in [2.05, 4.69) is 15.9 Å². The SMILES string of the molecule is COc1cc2c(cc1Br)C(C)(C)C(=O)N2C(=O)OC(C)(C)C. The van der Waals surface area contributed by atoms with Crippen molar-refractivity contribution in [2.24, 2.45) is 0 Å². The summed E-state index contributed by atoms with van der Waals surface area (Å²) in [4.78, 5) is 26.2. The minimum Gasteiger partial charge on any atom is -0.495 e. The largest absolute Gasteiger partial charge is 0.495 e. The number of benzene rings is 1. The predicted molar refractivity (Wildman–Crippen MR) is 87.4 cm³/mol. The molecule has 0 aliphatic carbocycles. The first-order valence-electron chi connectivity index (χ1n) is 6.94. The number of methoxy groups -OCH3 is 1. The van der Waals surface area contributed by atoms with Gasteiger partial charge in [0, 0.05) is 6.07 Å². The van der Waals surface area contributed by atoms with Crippen molar-refractivity contribution in [2.75, 3.05) is 12.0 Å². The van der Waals surface area contributed by atoms with Crippen molar-refractivity contribution >= 4 is 33.6 Å². The lowest BCUT2D eigenvalue weighted by Gasteiger charge is -2.24. The number of nitrogens with zero attached hydrogens (tertiary/aromatic N) is 1. The van der Waals surface area contributed by atoms with E-state index in [1.165, 1.54) is 7.11 Å². The van der Waals surface area contributed by atoms with Crippen molar-refractivity contribution in [1.82, 2.24) is 0 Å². The number of anilines is 1. The van der Waals surface area contributed by atoms with Gasteiger partial charge in [-0.3, -0.25) is 4.79 Å². The van der Waals surface area contributed by atoms with Crippen molar-refractivity contribution < 1.29 is 19.1 Å². The summed E-state index contributed by atoms with van der Waals surface area (Å²) in [5.41, 5.74) is -0.217. The molecule has 0 atom stereocenters. The molecular weight excluding hydrogens is 350 g/mol. The Morgan fingerprint density at radius 3 is 2.36 bits per heavy atom. The molecule has 22 heavy (non-hydrogen) atoms. The average molecular weight is 370 g/mol. The zero-order valence-corrected chi connectivity index (χ0v) is 15.2. The first-order chi connectivity index (χ1) is 9.99. The van der Waals surface area contributed by atoms with Crippen molar-refractivity contribution in [1.29, 1.82) is 0 Å². The van der Waals surface area contributed by atoms with Crippen LogP contribution >= 0.6 is 15.9 Å². The Labute approximate surface area is 138 Å². The first-order valence-corrected chi connectivity index (χ1v) is 7.74. The molecule has 0 N–H and O–H groups in total. The van der Waals surface area contributed by atoms with Crippen molar-refractivity contribution in [2.45, 2.75) is 45.6 Å². The molecule has 1 heterocycles. The van der Waals surface area contributed by atoms with Gasteiger partial charge in [-0.25, -0.2) is 9.69 Å². The quantitative estimate of drug-likeness (QED) is 0.749. The molecule has 2 rings (SSSR count). The lowest BCUT2D eigenvalue weighted by molar-refractivity contribution is -0.121. The molecule has 1 aliphatic rings. The van der Waals surface area contributed by atoms with Crippen LogP contribution in [0.5, 0.6) is 5.75 Å². The molecule has 0 spiro atoms. The van der Waals surface area contributed by atoms with Crippen LogP contribution in [0.3, 0.4) is 0 Å². The topological polar surface area (TPSA) is 55.8 Å². The molecule has 0 saturated carbocycles. The smallest absolute Gasteiger partial charge is 0.421 e. The van der Waals surface area contributed by atoms with Gasteiger partial charge in [-0.1, -0.05) is 0 Å². The minimum atomic E-state index is -0.805. The summed E-state index contributed by atoms with van der Waals surface area (Å²) in [5, 5.41) is 0. The highest BCUT2D eigenvalue weighted by Gasteiger charge is 2.48. The Morgan fingerprint density at radius 2 is 1.86 bits per heavy atom. The number of carbonyl (C=O) groups excluding carboxylic acids is 2. The monoisotopic (exact) mass is 369 g/mol. The van der Waals surface area contributed by atoms with Crippen LogP contribution in [0, 0.1) is 0 Å². The number of hydrogen-bond donors (Lipinski definition) is 0. The van der Waals surface area contributed by atoms with Gasteiger partial charge in [-0.15, -0.1) is 0 Å². The second-order valence-electron chi connectivity index (χ2n) is 6.75. The molecule has 6 heteroatoms. The van der Waals surface area contributed by atoms with Gasteiger partial charge in [-0.05, 0) is 62.2 Å². The highest BCUT2D eigenvalue weighted by Crippen LogP contribution is 2.46. The molecule has 5 nitrogen and oxygen atoms in total. The van der Waals surface area contributed by atoms with Crippen LogP contribution in [-0.4, -0.2) is 24.7 Å². The van der Waals surface area contributed by atoms with E-state index in [9.17, 15) is 9.59 Å². The van der Waals surface area contributed by atoms with Gasteiger partial charge in [0.2, 0.25) is 5.91 Å². The molecular formula is C16H20BrNO4. The predicted octanol–water partition coefficient (Wildman–Crippen LogP) is 4.02. The van der Waals surface area contributed by atoms with Crippen LogP contribution < -0.4 is 9.64 Å². The number of imide groups is 1. The van der Waals surface area contributed by atoms with Crippen LogP contribution in [0.1, 0.15) is 40.2 Å². The maximum Gasteiger partial charge on any atom is 0.421 e. The van der Waals surface area contributed by atoms with Crippen LogP contribution in [0.15, 0.2) is 16.6 Å². The van der Waals surface area contributed by atoms with E-state index in [4.69, 9.17) is 9.47 Å². The van der Waals surface area contributed by atoms with E-state index >= 15 is 0 Å². The van der Waals surface area contributed by atoms with Crippen LogP contribution in [0.4, 0.5) is 10.5 Å². The van der Waals surface area contributed by atoms with Gasteiger partial charge < -0.3 is 9.47 Å². The number of amides is 2. The third-order valence-electron chi connectivity index (χ3n) is 3.50. The number of ether oxygens (including phenoxy) is 2. The molecule has 0 radical (unpaired) electrons. The van der Waals surface area contributed by atoms with Gasteiger partial charge >= 0.3 is 6.09 Å². The summed E-state index contributed by atoms with van der Waals surface area (Å²) in [6, 6.07) is 3.49. The fourth-order valence-electron chi connectivity index (χ4n) is 2.38. The Kier molecular flexibility index (Phi) is 4.02. The van der Waals surface area contributed by atoms with Crippen LogP contribution in [0.2, 0.25) is 0 Å². The van der Waals surface area contributed by atoms with Crippen LogP contribution in [-0.2, 0) is 14.9 Å². The Balaban J connectivity index is 2.56. The number of hydrogen-bond acceptors (Lipinski definition) is 4. The van der Waals surface area contributed by atoms with Crippen molar-refractivity contribution in [3.63, 3.8) is 0 Å². The lowest BCUT2D eigenvalue weighted by atomic mass is 9.86. The average Bonchev–Trinajstić information content (AvgIpc) is 2.55. The molecule has 0 saturated heterocycles. The molecule has 0 bridgehead atoms. The van der Waals surface area contributed by atoms with E-state index in [-0.39, 0.29) is 5.91 Å². The van der Waals surface area contributed by atoms with E-state index in [1.54, 1.807) is 40.7 Å². The van der Waals surface area contributed by atoms with Gasteiger partial charge in [0.15, 0.2) is 0 Å². The number of halogens is 1. The molecule has 120 valence electrons. The minimum absolute atomic E-state index is 0.308. The number of fused-ring (bicyclic) bond motifs is 1. The van der Waals surface area contributed by atoms with E-state index in [1.807, 2.05) is 6.07 Å². The molecule has 1 aromatic carbocycles. The van der Waals surface area contributed by atoms with Gasteiger partial charge in [0.1, 0.15) is 11.4 Å². The zero-order chi connectivity index (χ0) is 16.9. The highest BCUT2D eigenvalue weighted by atomic mass is 79.9. The summed E-state index contributed by atoms with van der Waals surface area (Å²) in [6.45, 7) is 8.87. The third kappa shape index (κ3) is 2.72. The van der Waals surface area contributed by atoms with Gasteiger partial charge in [0.25, 0.3) is 0 Å². The summed E-state index contributed by atoms with van der Waals surface area (Å²) in [6.07, 6.45) is -0.672. The number of rotatable bonds is 1. The Bertz CT molecular complexity index is 646. The Morgan fingerprint density at radius 1 is 1.27 bits per heavy atom. The zero-order valence-electron chi connectivity index (χ0n) is 13.6. The normalized spacial score (nSPS) is 16.5. The first kappa shape index (κ1) is 16.8.